The first-order valence-electron chi connectivity index (χ1n) is 13.3. The Hall–Kier alpha value is -5.44. The van der Waals surface area contributed by atoms with Gasteiger partial charge in [0.2, 0.25) is 11.8 Å². The fourth-order valence-electron chi connectivity index (χ4n) is 4.03. The number of carbonyl (C=O) groups excluding carboxylic acids is 4. The van der Waals surface area contributed by atoms with E-state index in [-0.39, 0.29) is 5.56 Å². The van der Waals surface area contributed by atoms with Crippen molar-refractivity contribution < 1.29 is 23.9 Å². The largest absolute Gasteiger partial charge is 0.444 e. The van der Waals surface area contributed by atoms with Crippen LogP contribution in [0.2, 0.25) is 0 Å². The molecule has 0 radical (unpaired) electrons. The maximum absolute atomic E-state index is 13.3. The molecule has 9 nitrogen and oxygen atoms in total. The number of ether oxygens (including phenoxy) is 1. The van der Waals surface area contributed by atoms with Crippen LogP contribution in [0, 0.1) is 0 Å². The van der Waals surface area contributed by atoms with E-state index in [9.17, 15) is 19.2 Å². The van der Waals surface area contributed by atoms with Crippen LogP contribution in [0.15, 0.2) is 109 Å². The van der Waals surface area contributed by atoms with Gasteiger partial charge in [-0.25, -0.2) is 4.79 Å². The van der Waals surface area contributed by atoms with E-state index >= 15 is 0 Å². The van der Waals surface area contributed by atoms with Crippen LogP contribution in [0.3, 0.4) is 0 Å². The highest BCUT2D eigenvalue weighted by Gasteiger charge is 2.29. The SMILES string of the molecule is CC(C)(C)OC(=O)Nc1ccccc1NC(=O)c1ccc(C(C(=O)Nc2ccccc2)C(=O)Nc2ccccc2)cc1. The topological polar surface area (TPSA) is 126 Å². The molecule has 0 bridgehead atoms. The molecule has 0 aliphatic rings. The number of hydrogen-bond donors (Lipinski definition) is 4. The van der Waals surface area contributed by atoms with Crippen LogP contribution in [0.4, 0.5) is 27.5 Å². The van der Waals surface area contributed by atoms with Crippen LogP contribution in [-0.2, 0) is 14.3 Å². The number of anilines is 4. The van der Waals surface area contributed by atoms with Crippen molar-refractivity contribution >= 4 is 46.6 Å². The maximum Gasteiger partial charge on any atom is 0.412 e. The van der Waals surface area contributed by atoms with Crippen molar-refractivity contribution in [3.63, 3.8) is 0 Å². The highest BCUT2D eigenvalue weighted by molar-refractivity contribution is 6.15. The molecule has 0 saturated carbocycles. The minimum Gasteiger partial charge on any atom is -0.444 e. The molecule has 214 valence electrons. The van der Waals surface area contributed by atoms with Gasteiger partial charge in [0, 0.05) is 16.9 Å². The number of amides is 4. The van der Waals surface area contributed by atoms with Gasteiger partial charge >= 0.3 is 6.09 Å². The molecule has 0 aliphatic carbocycles. The Balaban J connectivity index is 1.52. The van der Waals surface area contributed by atoms with Crippen LogP contribution < -0.4 is 21.3 Å². The van der Waals surface area contributed by atoms with Crippen molar-refractivity contribution in [1.82, 2.24) is 0 Å². The lowest BCUT2D eigenvalue weighted by atomic mass is 9.95. The summed E-state index contributed by atoms with van der Waals surface area (Å²) in [5.74, 6) is -2.68. The van der Waals surface area contributed by atoms with E-state index in [4.69, 9.17) is 4.74 Å². The van der Waals surface area contributed by atoms with E-state index in [0.29, 0.717) is 28.3 Å². The fraction of sp³-hybridized carbons (Fsp3) is 0.152. The van der Waals surface area contributed by atoms with Gasteiger partial charge in [0.05, 0.1) is 11.4 Å². The number of carbonyl (C=O) groups is 4. The van der Waals surface area contributed by atoms with E-state index in [1.165, 1.54) is 12.1 Å². The van der Waals surface area contributed by atoms with Gasteiger partial charge in [-0.2, -0.15) is 0 Å². The van der Waals surface area contributed by atoms with Gasteiger partial charge in [-0.15, -0.1) is 0 Å². The summed E-state index contributed by atoms with van der Waals surface area (Å²) in [6, 6.07) is 30.6. The summed E-state index contributed by atoms with van der Waals surface area (Å²) in [6.07, 6.45) is -0.651. The van der Waals surface area contributed by atoms with Gasteiger partial charge < -0.3 is 20.7 Å². The van der Waals surface area contributed by atoms with Gasteiger partial charge in [0.1, 0.15) is 11.5 Å². The minimum absolute atomic E-state index is 0.288. The zero-order valence-electron chi connectivity index (χ0n) is 23.5. The molecule has 0 fully saturated rings. The molecular weight excluding hydrogens is 532 g/mol. The molecule has 0 unspecified atom stereocenters. The molecule has 0 saturated heterocycles. The zero-order valence-corrected chi connectivity index (χ0v) is 23.5. The highest BCUT2D eigenvalue weighted by Crippen LogP contribution is 2.25. The van der Waals surface area contributed by atoms with Crippen LogP contribution >= 0.6 is 0 Å². The summed E-state index contributed by atoms with van der Waals surface area (Å²) >= 11 is 0. The van der Waals surface area contributed by atoms with E-state index in [1.807, 2.05) is 12.1 Å². The van der Waals surface area contributed by atoms with Crippen molar-refractivity contribution in [2.75, 3.05) is 21.3 Å². The normalized spacial score (nSPS) is 10.9. The van der Waals surface area contributed by atoms with Crippen molar-refractivity contribution in [2.24, 2.45) is 0 Å². The van der Waals surface area contributed by atoms with Crippen molar-refractivity contribution in [3.8, 4) is 0 Å². The van der Waals surface area contributed by atoms with E-state index in [1.54, 1.807) is 106 Å². The number of nitrogens with one attached hydrogen (secondary N) is 4. The molecule has 0 aromatic heterocycles. The maximum atomic E-state index is 13.3. The first kappa shape index (κ1) is 29.5. The predicted molar refractivity (Wildman–Crippen MR) is 164 cm³/mol. The zero-order chi connectivity index (χ0) is 30.1. The first-order valence-corrected chi connectivity index (χ1v) is 13.3. The first-order chi connectivity index (χ1) is 20.1. The third-order valence-corrected chi connectivity index (χ3v) is 5.92. The third-order valence-electron chi connectivity index (χ3n) is 5.92. The molecule has 4 rings (SSSR count). The molecule has 0 aliphatic heterocycles. The Morgan fingerprint density at radius 3 is 1.50 bits per heavy atom. The second-order valence-electron chi connectivity index (χ2n) is 10.4. The summed E-state index contributed by atoms with van der Waals surface area (Å²) in [5, 5.41) is 11.0. The van der Waals surface area contributed by atoms with Crippen LogP contribution in [0.5, 0.6) is 0 Å². The summed E-state index contributed by atoms with van der Waals surface area (Å²) in [7, 11) is 0. The van der Waals surface area contributed by atoms with Crippen molar-refractivity contribution in [3.05, 3.63) is 120 Å². The van der Waals surface area contributed by atoms with Gasteiger partial charge in [0.15, 0.2) is 0 Å². The van der Waals surface area contributed by atoms with E-state index in [0.717, 1.165) is 0 Å². The summed E-state index contributed by atoms with van der Waals surface area (Å²) in [5.41, 5.74) is 1.85. The van der Waals surface area contributed by atoms with Gasteiger partial charge in [-0.1, -0.05) is 60.7 Å². The summed E-state index contributed by atoms with van der Waals surface area (Å²) in [4.78, 5) is 52.0. The van der Waals surface area contributed by atoms with E-state index < -0.39 is 35.3 Å². The molecule has 4 aromatic carbocycles. The Bertz CT molecular complexity index is 1500. The van der Waals surface area contributed by atoms with Gasteiger partial charge in [-0.05, 0) is 74.9 Å². The van der Waals surface area contributed by atoms with Crippen LogP contribution in [-0.4, -0.2) is 29.4 Å². The molecule has 4 amide bonds. The molecule has 4 aromatic rings. The molecule has 0 atom stereocenters. The predicted octanol–water partition coefficient (Wildman–Crippen LogP) is 6.65. The van der Waals surface area contributed by atoms with Gasteiger partial charge in [-0.3, -0.25) is 19.7 Å². The Labute approximate surface area is 244 Å². The summed E-state index contributed by atoms with van der Waals surface area (Å²) < 4.78 is 5.31. The smallest absolute Gasteiger partial charge is 0.412 e. The average molecular weight is 565 g/mol. The Morgan fingerprint density at radius 1 is 0.571 bits per heavy atom. The Morgan fingerprint density at radius 2 is 1.02 bits per heavy atom. The number of hydrogen-bond acceptors (Lipinski definition) is 5. The lowest BCUT2D eigenvalue weighted by Gasteiger charge is -2.20. The van der Waals surface area contributed by atoms with Gasteiger partial charge in [0.25, 0.3) is 5.91 Å². The second kappa shape index (κ2) is 13.3. The molecule has 0 heterocycles. The highest BCUT2D eigenvalue weighted by atomic mass is 16.6. The lowest BCUT2D eigenvalue weighted by Crippen LogP contribution is -2.32. The van der Waals surface area contributed by atoms with Crippen LogP contribution in [0.25, 0.3) is 0 Å². The quantitative estimate of drug-likeness (QED) is 0.178. The molecular formula is C33H32N4O5. The number of benzene rings is 4. The number of para-hydroxylation sites is 4. The molecule has 9 heteroatoms. The monoisotopic (exact) mass is 564 g/mol. The number of rotatable bonds is 8. The van der Waals surface area contributed by atoms with Crippen molar-refractivity contribution in [2.45, 2.75) is 32.3 Å². The summed E-state index contributed by atoms with van der Waals surface area (Å²) in [6.45, 7) is 5.27. The standard InChI is InChI=1S/C33H32N4O5/c1-33(2,3)42-32(41)37-27-17-11-10-16-26(27)36-29(38)23-20-18-22(19-21-23)28(30(39)34-24-12-6-4-7-13-24)31(40)35-25-14-8-5-9-15-25/h4-21,28H,1-3H3,(H,34,39)(H,35,40)(H,36,38)(H,37,41). The average Bonchev–Trinajstić information content (AvgIpc) is 2.94. The fourth-order valence-corrected chi connectivity index (χ4v) is 4.03. The van der Waals surface area contributed by atoms with E-state index in [2.05, 4.69) is 21.3 Å². The minimum atomic E-state index is -1.19. The molecule has 42 heavy (non-hydrogen) atoms. The second-order valence-corrected chi connectivity index (χ2v) is 10.4. The third kappa shape index (κ3) is 8.28. The van der Waals surface area contributed by atoms with Crippen LogP contribution in [0.1, 0.15) is 42.6 Å². The van der Waals surface area contributed by atoms with Crippen molar-refractivity contribution in [1.29, 1.82) is 0 Å². The Kier molecular flexibility index (Phi) is 9.34. The lowest BCUT2D eigenvalue weighted by molar-refractivity contribution is -0.126. The molecule has 0 spiro atoms. The molecule has 4 N–H and O–H groups in total.